The number of nitrogens with two attached hydrogens (primary N) is 1. The van der Waals surface area contributed by atoms with Crippen molar-refractivity contribution in [2.75, 3.05) is 0 Å². The van der Waals surface area contributed by atoms with Gasteiger partial charge in [-0.25, -0.2) is 4.98 Å². The normalized spacial score (nSPS) is 13.2. The number of halogens is 1. The Balaban J connectivity index is 2.85. The second-order valence-electron chi connectivity index (χ2n) is 6.00. The van der Waals surface area contributed by atoms with Crippen LogP contribution in [-0.2, 0) is 20.8 Å². The van der Waals surface area contributed by atoms with Crippen LogP contribution in [0.25, 0.3) is 0 Å². The first-order chi connectivity index (χ1) is 11.2. The second-order valence-corrected chi connectivity index (χ2v) is 6.75. The Morgan fingerprint density at radius 3 is 2.42 bits per heavy atom. The summed E-state index contributed by atoms with van der Waals surface area (Å²) in [5.41, 5.74) is 6.16. The predicted octanol–water partition coefficient (Wildman–Crippen LogP) is 0.907. The number of carbonyl (C=O) groups is 3. The Morgan fingerprint density at radius 2 is 1.92 bits per heavy atom. The highest BCUT2D eigenvalue weighted by Gasteiger charge is 2.26. The standard InChI is InChI=1S/C16H23BrN4O3/c1-9(2)7-13(20-10(3)22)16(24)21-12(15(18)23)8-11-5-4-6-19-14(11)17/h4-6,9,12-13H,7-8H2,1-3H3,(H2,18,23)(H,20,22)(H,21,24)/t12-,13+/m1/s1. The summed E-state index contributed by atoms with van der Waals surface area (Å²) in [5, 5.41) is 5.23. The lowest BCUT2D eigenvalue weighted by atomic mass is 10.0. The molecule has 0 aliphatic carbocycles. The molecular formula is C16H23BrN4O3. The van der Waals surface area contributed by atoms with Crippen molar-refractivity contribution in [2.24, 2.45) is 11.7 Å². The van der Waals surface area contributed by atoms with Gasteiger partial charge >= 0.3 is 0 Å². The van der Waals surface area contributed by atoms with E-state index in [0.29, 0.717) is 11.0 Å². The van der Waals surface area contributed by atoms with Gasteiger partial charge in [-0.2, -0.15) is 0 Å². The number of primary amides is 1. The lowest BCUT2D eigenvalue weighted by molar-refractivity contribution is -0.131. The zero-order valence-corrected chi connectivity index (χ0v) is 15.6. The molecule has 0 aliphatic rings. The third-order valence-corrected chi connectivity index (χ3v) is 4.04. The molecule has 0 fully saturated rings. The monoisotopic (exact) mass is 398 g/mol. The van der Waals surface area contributed by atoms with Crippen LogP contribution in [0.1, 0.15) is 32.8 Å². The van der Waals surface area contributed by atoms with Crippen LogP contribution in [0.2, 0.25) is 0 Å². The maximum Gasteiger partial charge on any atom is 0.243 e. The molecule has 132 valence electrons. The molecule has 7 nitrogen and oxygen atoms in total. The van der Waals surface area contributed by atoms with Gasteiger partial charge in [-0.3, -0.25) is 14.4 Å². The summed E-state index contributed by atoms with van der Waals surface area (Å²) in [6.45, 7) is 5.24. The Bertz CT molecular complexity index is 607. The fourth-order valence-electron chi connectivity index (χ4n) is 2.23. The van der Waals surface area contributed by atoms with Gasteiger partial charge in [0, 0.05) is 19.5 Å². The molecule has 0 unspecified atom stereocenters. The first kappa shape index (κ1) is 20.1. The molecule has 0 saturated carbocycles. The lowest BCUT2D eigenvalue weighted by Crippen LogP contribution is -2.53. The van der Waals surface area contributed by atoms with E-state index in [1.54, 1.807) is 18.3 Å². The summed E-state index contributed by atoms with van der Waals surface area (Å²) in [6.07, 6.45) is 2.29. The highest BCUT2D eigenvalue weighted by atomic mass is 79.9. The maximum absolute atomic E-state index is 12.4. The molecule has 1 aromatic rings. The number of nitrogens with one attached hydrogen (secondary N) is 2. The Morgan fingerprint density at radius 1 is 1.25 bits per heavy atom. The summed E-state index contributed by atoms with van der Waals surface area (Å²) in [7, 11) is 0. The molecule has 0 spiro atoms. The molecule has 1 heterocycles. The molecule has 24 heavy (non-hydrogen) atoms. The number of nitrogens with zero attached hydrogens (tertiary/aromatic N) is 1. The minimum Gasteiger partial charge on any atom is -0.368 e. The van der Waals surface area contributed by atoms with E-state index in [4.69, 9.17) is 5.73 Å². The molecular weight excluding hydrogens is 376 g/mol. The number of pyridine rings is 1. The molecule has 0 radical (unpaired) electrons. The number of amides is 3. The van der Waals surface area contributed by atoms with Crippen LogP contribution in [-0.4, -0.2) is 34.8 Å². The summed E-state index contributed by atoms with van der Waals surface area (Å²) < 4.78 is 0.589. The zero-order chi connectivity index (χ0) is 18.3. The number of rotatable bonds is 8. The van der Waals surface area contributed by atoms with Crippen LogP contribution < -0.4 is 16.4 Å². The van der Waals surface area contributed by atoms with Gasteiger partial charge in [0.15, 0.2) is 0 Å². The number of hydrogen-bond acceptors (Lipinski definition) is 4. The highest BCUT2D eigenvalue weighted by molar-refractivity contribution is 9.10. The summed E-state index contributed by atoms with van der Waals surface area (Å²) >= 11 is 3.30. The molecule has 0 aromatic carbocycles. The maximum atomic E-state index is 12.4. The van der Waals surface area contributed by atoms with Crippen molar-refractivity contribution >= 4 is 33.7 Å². The molecule has 1 rings (SSSR count). The molecule has 0 aliphatic heterocycles. The lowest BCUT2D eigenvalue weighted by Gasteiger charge is -2.23. The van der Waals surface area contributed by atoms with Crippen molar-refractivity contribution in [1.82, 2.24) is 15.6 Å². The minimum absolute atomic E-state index is 0.201. The molecule has 8 heteroatoms. The Hall–Kier alpha value is -1.96. The molecule has 2 atom stereocenters. The smallest absolute Gasteiger partial charge is 0.243 e. The van der Waals surface area contributed by atoms with Gasteiger partial charge in [0.2, 0.25) is 17.7 Å². The van der Waals surface area contributed by atoms with Crippen molar-refractivity contribution in [2.45, 2.75) is 45.7 Å². The number of carbonyl (C=O) groups excluding carboxylic acids is 3. The van der Waals surface area contributed by atoms with E-state index in [2.05, 4.69) is 31.5 Å². The molecule has 3 amide bonds. The van der Waals surface area contributed by atoms with E-state index in [1.807, 2.05) is 13.8 Å². The minimum atomic E-state index is -0.888. The van der Waals surface area contributed by atoms with Gasteiger partial charge in [-0.1, -0.05) is 19.9 Å². The average molecular weight is 399 g/mol. The summed E-state index contributed by atoms with van der Waals surface area (Å²) in [6, 6.07) is 1.93. The molecule has 4 N–H and O–H groups in total. The fourth-order valence-corrected chi connectivity index (χ4v) is 2.65. The predicted molar refractivity (Wildman–Crippen MR) is 93.8 cm³/mol. The van der Waals surface area contributed by atoms with Crippen LogP contribution in [0, 0.1) is 5.92 Å². The van der Waals surface area contributed by atoms with Gasteiger partial charge in [-0.05, 0) is 39.9 Å². The van der Waals surface area contributed by atoms with Gasteiger partial charge in [0.05, 0.1) is 0 Å². The van der Waals surface area contributed by atoms with E-state index in [9.17, 15) is 14.4 Å². The van der Waals surface area contributed by atoms with E-state index in [0.717, 1.165) is 5.56 Å². The van der Waals surface area contributed by atoms with E-state index in [-0.39, 0.29) is 18.2 Å². The van der Waals surface area contributed by atoms with E-state index < -0.39 is 23.9 Å². The van der Waals surface area contributed by atoms with Crippen LogP contribution in [0.5, 0.6) is 0 Å². The van der Waals surface area contributed by atoms with Gasteiger partial charge in [0.1, 0.15) is 16.7 Å². The zero-order valence-electron chi connectivity index (χ0n) is 14.0. The summed E-state index contributed by atoms with van der Waals surface area (Å²) in [4.78, 5) is 39.5. The van der Waals surface area contributed by atoms with Crippen LogP contribution in [0.4, 0.5) is 0 Å². The number of hydrogen-bond donors (Lipinski definition) is 3. The summed E-state index contributed by atoms with van der Waals surface area (Å²) in [5.74, 6) is -1.18. The Kier molecular flexibility index (Phi) is 7.84. The fraction of sp³-hybridized carbons (Fsp3) is 0.500. The largest absolute Gasteiger partial charge is 0.368 e. The van der Waals surface area contributed by atoms with Crippen LogP contribution >= 0.6 is 15.9 Å². The molecule has 0 bridgehead atoms. The third kappa shape index (κ3) is 6.66. The SMILES string of the molecule is CC(=O)N[C@@H](CC(C)C)C(=O)N[C@H](Cc1cccnc1Br)C(N)=O. The van der Waals surface area contributed by atoms with Gasteiger partial charge in [-0.15, -0.1) is 0 Å². The van der Waals surface area contributed by atoms with Crippen molar-refractivity contribution in [3.8, 4) is 0 Å². The van der Waals surface area contributed by atoms with Crippen molar-refractivity contribution < 1.29 is 14.4 Å². The van der Waals surface area contributed by atoms with Gasteiger partial charge in [0.25, 0.3) is 0 Å². The van der Waals surface area contributed by atoms with Gasteiger partial charge < -0.3 is 16.4 Å². The second kappa shape index (κ2) is 9.36. The van der Waals surface area contributed by atoms with Crippen molar-refractivity contribution in [1.29, 1.82) is 0 Å². The van der Waals surface area contributed by atoms with Crippen molar-refractivity contribution in [3.63, 3.8) is 0 Å². The molecule has 0 saturated heterocycles. The Labute approximate surface area is 149 Å². The molecule has 1 aromatic heterocycles. The first-order valence-electron chi connectivity index (χ1n) is 7.66. The average Bonchev–Trinajstić information content (AvgIpc) is 2.46. The first-order valence-corrected chi connectivity index (χ1v) is 8.46. The van der Waals surface area contributed by atoms with E-state index in [1.165, 1.54) is 6.92 Å². The van der Waals surface area contributed by atoms with Crippen LogP contribution in [0.15, 0.2) is 22.9 Å². The third-order valence-electron chi connectivity index (χ3n) is 3.32. The van der Waals surface area contributed by atoms with Crippen LogP contribution in [0.3, 0.4) is 0 Å². The quantitative estimate of drug-likeness (QED) is 0.564. The topological polar surface area (TPSA) is 114 Å². The van der Waals surface area contributed by atoms with Crippen molar-refractivity contribution in [3.05, 3.63) is 28.5 Å². The number of aromatic nitrogens is 1. The van der Waals surface area contributed by atoms with E-state index >= 15 is 0 Å². The highest BCUT2D eigenvalue weighted by Crippen LogP contribution is 2.15.